The molecule has 15 aromatic rings. The predicted octanol–water partition coefficient (Wildman–Crippen LogP) is 21.9. The van der Waals surface area contributed by atoms with Crippen LogP contribution in [-0.4, -0.2) is 55.8 Å². The quantitative estimate of drug-likeness (QED) is 0.0635. The van der Waals surface area contributed by atoms with Crippen molar-refractivity contribution in [3.63, 3.8) is 0 Å². The second-order valence-electron chi connectivity index (χ2n) is 29.2. The fourth-order valence-corrected chi connectivity index (χ4v) is 22.2. The zero-order valence-corrected chi connectivity index (χ0v) is 66.0. The number of fused-ring (bicyclic) bond motifs is 10. The summed E-state index contributed by atoms with van der Waals surface area (Å²) in [4.78, 5) is 38.7. The lowest BCUT2D eigenvalue weighted by Gasteiger charge is -2.35. The highest BCUT2D eigenvalue weighted by molar-refractivity contribution is 7.26. The van der Waals surface area contributed by atoms with Crippen LogP contribution in [0.2, 0.25) is 0 Å². The molecule has 558 valence electrons. The molecule has 14 nitrogen and oxygen atoms in total. The monoisotopic (exact) mass is 1590 g/mol. The smallest absolute Gasteiger partial charge is 0.194 e. The number of hydrogen-bond donors (Lipinski definition) is 0. The van der Waals surface area contributed by atoms with Crippen molar-refractivity contribution in [2.24, 2.45) is 14.1 Å². The van der Waals surface area contributed by atoms with E-state index >= 15 is 0 Å². The Kier molecular flexibility index (Phi) is 16.8. The maximum atomic E-state index is 15.0. The van der Waals surface area contributed by atoms with Crippen molar-refractivity contribution < 1.29 is 36.6 Å². The van der Waals surface area contributed by atoms with Crippen molar-refractivity contribution in [3.8, 4) is 97.0 Å². The molecule has 0 saturated carbocycles. The number of aryl methyl sites for hydroxylation is 6. The van der Waals surface area contributed by atoms with Crippen LogP contribution in [0.3, 0.4) is 0 Å². The minimum absolute atomic E-state index is 0.0585. The third-order valence-electron chi connectivity index (χ3n) is 22.4. The molecule has 0 amide bonds. The van der Waals surface area contributed by atoms with Crippen molar-refractivity contribution in [2.45, 2.75) is 38.5 Å². The van der Waals surface area contributed by atoms with E-state index in [0.717, 1.165) is 141 Å². The van der Waals surface area contributed by atoms with Gasteiger partial charge in [0.2, 0.25) is 0 Å². The van der Waals surface area contributed by atoms with E-state index in [2.05, 4.69) is 149 Å². The maximum Gasteiger partial charge on any atom is 0.194 e. The first-order valence-corrected chi connectivity index (χ1v) is 39.8. The molecule has 6 aromatic heterocycles. The highest BCUT2D eigenvalue weighted by Gasteiger charge is 2.54. The van der Waals surface area contributed by atoms with Crippen LogP contribution in [0.25, 0.3) is 107 Å². The van der Waals surface area contributed by atoms with E-state index in [-0.39, 0.29) is 44.5 Å². The summed E-state index contributed by atoms with van der Waals surface area (Å²) >= 11 is 6.37. The standard InChI is InChI=1S/C94H56F4N10O4S4/c1-45-9-17-53(18-10-45)93(54-19-11-46(2)12-20-54)67-31-62-68(32-61(67)89-69(93)37-81(115-89)91-77(111-7)39-79(113-91)63-25-49(29-75-85(63)105-107(5)103-75)27-65-83(51(41-99)42-100)57-33-71(95)73(97)35-59(57)87(65)109)94(55-21-13-47(3)14-22-55,56-23-15-48(4)16-24-56)70-38-82(116-90(62)70)92-78(112-8)40-80(114-92)64-26-50(30-76-86(64)106-108(6)104-76)28-66-84(52(43-101)44-102)58-34-72(96)74(98)36-60(58)88(66)110/h9-40H,1-8H3/b65-27-,66-28-. The van der Waals surface area contributed by atoms with Crippen LogP contribution >= 0.6 is 45.3 Å². The number of rotatable bonds is 12. The minimum Gasteiger partial charge on any atom is -0.495 e. The van der Waals surface area contributed by atoms with Gasteiger partial charge in [-0.3, -0.25) is 9.59 Å². The molecule has 6 heterocycles. The summed E-state index contributed by atoms with van der Waals surface area (Å²) in [6.45, 7) is 8.37. The number of nitrogens with zero attached hydrogens (tertiary/aromatic N) is 10. The van der Waals surface area contributed by atoms with Crippen LogP contribution in [0.1, 0.15) is 110 Å². The molecular formula is C94H56F4N10O4S4. The van der Waals surface area contributed by atoms with Crippen LogP contribution in [0.4, 0.5) is 17.6 Å². The molecule has 4 aliphatic carbocycles. The maximum absolute atomic E-state index is 15.0. The second kappa shape index (κ2) is 26.9. The first kappa shape index (κ1) is 72.4. The van der Waals surface area contributed by atoms with Crippen molar-refractivity contribution in [2.75, 3.05) is 14.2 Å². The number of aromatic nitrogens is 6. The van der Waals surface area contributed by atoms with E-state index in [9.17, 15) is 48.2 Å². The Balaban J connectivity index is 0.810. The van der Waals surface area contributed by atoms with Gasteiger partial charge in [-0.05, 0) is 203 Å². The topological polar surface area (TPSA) is 209 Å². The number of ether oxygens (including phenoxy) is 2. The molecule has 0 saturated heterocycles. The number of hydrogen-bond acceptors (Lipinski definition) is 16. The molecule has 0 unspecified atom stereocenters. The lowest BCUT2D eigenvalue weighted by Crippen LogP contribution is -2.30. The molecule has 0 spiro atoms. The van der Waals surface area contributed by atoms with E-state index < -0.39 is 56.8 Å². The van der Waals surface area contributed by atoms with E-state index in [1.807, 2.05) is 48.5 Å². The molecular weight excluding hydrogens is 1540 g/mol. The number of halogens is 4. The van der Waals surface area contributed by atoms with Gasteiger partial charge in [-0.2, -0.15) is 51.0 Å². The summed E-state index contributed by atoms with van der Waals surface area (Å²) in [7, 11) is 6.70. The number of benzene rings is 9. The number of Topliss-reactive ketones (excluding diaryl/α,β-unsaturated/α-hetero) is 2. The van der Waals surface area contributed by atoms with E-state index in [1.165, 1.54) is 44.4 Å². The minimum atomic E-state index is -1.24. The molecule has 0 radical (unpaired) electrons. The first-order chi connectivity index (χ1) is 56.1. The van der Waals surface area contributed by atoms with Gasteiger partial charge in [-0.25, -0.2) is 17.6 Å². The fourth-order valence-electron chi connectivity index (χ4n) is 17.2. The molecule has 0 N–H and O–H groups in total. The van der Waals surface area contributed by atoms with Gasteiger partial charge in [0.05, 0.1) is 34.8 Å². The first-order valence-electron chi connectivity index (χ1n) is 36.5. The molecule has 0 aliphatic heterocycles. The largest absolute Gasteiger partial charge is 0.495 e. The van der Waals surface area contributed by atoms with Crippen LogP contribution < -0.4 is 9.47 Å². The number of ketones is 2. The molecule has 0 fully saturated rings. The highest BCUT2D eigenvalue weighted by atomic mass is 32.1. The SMILES string of the molecule is COc1cc(-c2cc(/C=C3\C(=O)c4cc(F)c(F)cc4C3=C(C#N)C#N)cc3nn(C)nc23)sc1-c1cc2c(s1)-c1cc3c(cc1C2(c1ccc(C)cc1)c1ccc(C)cc1)-c1sc(-c2sc(-c4cc(/C=C5\C(=O)c6cc(F)c(F)cc6C5=C(C#N)C#N)cc5nn(C)nc45)cc2OC)cc1C3(c1ccc(C)cc1)c1ccc(C)cc1. The van der Waals surface area contributed by atoms with Gasteiger partial charge in [0.15, 0.2) is 34.8 Å². The Morgan fingerprint density at radius 2 is 0.698 bits per heavy atom. The average Bonchev–Trinajstić information content (AvgIpc) is 1.50. The lowest BCUT2D eigenvalue weighted by molar-refractivity contribution is 0.103. The van der Waals surface area contributed by atoms with Gasteiger partial charge in [-0.1, -0.05) is 119 Å². The highest BCUT2D eigenvalue weighted by Crippen LogP contribution is 2.67. The van der Waals surface area contributed by atoms with Crippen LogP contribution in [0.15, 0.2) is 204 Å². The Labute approximate surface area is 676 Å². The van der Waals surface area contributed by atoms with E-state index in [4.69, 9.17) is 29.9 Å². The summed E-state index contributed by atoms with van der Waals surface area (Å²) < 4.78 is 72.6. The summed E-state index contributed by atoms with van der Waals surface area (Å²) in [6, 6.07) is 66.7. The Bertz CT molecular complexity index is 6710. The van der Waals surface area contributed by atoms with Gasteiger partial charge in [0.1, 0.15) is 69.0 Å². The molecule has 22 heteroatoms. The number of nitriles is 4. The van der Waals surface area contributed by atoms with Crippen LogP contribution in [0.5, 0.6) is 11.5 Å². The Morgan fingerprint density at radius 3 is 1.02 bits per heavy atom. The van der Waals surface area contributed by atoms with Gasteiger partial charge in [0.25, 0.3) is 0 Å². The summed E-state index contributed by atoms with van der Waals surface area (Å²) in [5.41, 5.74) is 15.6. The molecule has 4 aliphatic rings. The third-order valence-corrected chi connectivity index (χ3v) is 27.4. The third kappa shape index (κ3) is 10.8. The number of allylic oxidation sites excluding steroid dienone is 6. The zero-order valence-electron chi connectivity index (χ0n) is 62.7. The number of carbonyl (C=O) groups is 2. The normalized spacial score (nSPS) is 14.5. The molecule has 0 bridgehead atoms. The second-order valence-corrected chi connectivity index (χ2v) is 33.4. The molecule has 116 heavy (non-hydrogen) atoms. The molecule has 19 rings (SSSR count). The van der Waals surface area contributed by atoms with Gasteiger partial charge in [-0.15, -0.1) is 45.3 Å². The van der Waals surface area contributed by atoms with E-state index in [1.54, 1.807) is 63.1 Å². The number of thiophene rings is 4. The Hall–Kier alpha value is -13.8. The number of carbonyl (C=O) groups excluding carboxylic acids is 2. The predicted molar refractivity (Wildman–Crippen MR) is 444 cm³/mol. The van der Waals surface area contributed by atoms with Crippen molar-refractivity contribution >= 4 is 102 Å². The Morgan fingerprint density at radius 1 is 0.379 bits per heavy atom. The average molecular weight is 1590 g/mol. The van der Waals surface area contributed by atoms with Crippen molar-refractivity contribution in [1.82, 2.24) is 30.0 Å². The van der Waals surface area contributed by atoms with Gasteiger partial charge < -0.3 is 9.47 Å². The summed E-state index contributed by atoms with van der Waals surface area (Å²) in [6.07, 6.45) is 3.04. The van der Waals surface area contributed by atoms with Gasteiger partial charge >= 0.3 is 0 Å². The van der Waals surface area contributed by atoms with Crippen molar-refractivity contribution in [1.29, 1.82) is 21.0 Å². The molecule has 9 aromatic carbocycles. The van der Waals surface area contributed by atoms with Crippen LogP contribution in [-0.2, 0) is 24.9 Å². The summed E-state index contributed by atoms with van der Waals surface area (Å²) in [5, 5.41) is 60.0. The van der Waals surface area contributed by atoms with Crippen LogP contribution in [0, 0.1) is 96.3 Å². The van der Waals surface area contributed by atoms with E-state index in [0.29, 0.717) is 55.8 Å². The zero-order chi connectivity index (χ0) is 80.4. The summed E-state index contributed by atoms with van der Waals surface area (Å²) in [5.74, 6) is -5.14. The lowest BCUT2D eigenvalue weighted by atomic mass is 9.65. The number of methoxy groups -OCH3 is 2. The fraction of sp³-hybridized carbons (Fsp3) is 0.106. The molecule has 0 atom stereocenters. The van der Waals surface area contributed by atoms with Crippen molar-refractivity contribution in [3.05, 3.63) is 328 Å². The van der Waals surface area contributed by atoms with Gasteiger partial charge in [0, 0.05) is 87.9 Å².